The third-order valence-electron chi connectivity index (χ3n) is 4.73. The van der Waals surface area contributed by atoms with Gasteiger partial charge in [0.2, 0.25) is 0 Å². The summed E-state index contributed by atoms with van der Waals surface area (Å²) in [4.78, 5) is 26.5. The van der Waals surface area contributed by atoms with E-state index >= 15 is 0 Å². The fourth-order valence-electron chi connectivity index (χ4n) is 3.22. The molecule has 0 saturated carbocycles. The van der Waals surface area contributed by atoms with Crippen molar-refractivity contribution in [3.8, 4) is 0 Å². The van der Waals surface area contributed by atoms with Gasteiger partial charge in [-0.3, -0.25) is 9.59 Å². The topological polar surface area (TPSA) is 87.5 Å². The van der Waals surface area contributed by atoms with E-state index in [2.05, 4.69) is 15.5 Å². The molecule has 4 N–H and O–H groups in total. The van der Waals surface area contributed by atoms with Gasteiger partial charge in [0.05, 0.1) is 0 Å². The van der Waals surface area contributed by atoms with Crippen LogP contribution < -0.4 is 21.3 Å². The highest BCUT2D eigenvalue weighted by Crippen LogP contribution is 2.21. The van der Waals surface area contributed by atoms with Gasteiger partial charge in [-0.05, 0) is 54.7 Å². The molecule has 142 valence electrons. The maximum atomic E-state index is 12.1. The lowest BCUT2D eigenvalue weighted by molar-refractivity contribution is -0.136. The van der Waals surface area contributed by atoms with E-state index in [1.807, 2.05) is 48.5 Å². The molecule has 1 heterocycles. The number of amides is 2. The van der Waals surface area contributed by atoms with Crippen molar-refractivity contribution >= 4 is 23.2 Å². The number of carbonyl (C=O) groups excluding carboxylic acids is 2. The lowest BCUT2D eigenvalue weighted by Gasteiger charge is -2.28. The van der Waals surface area contributed by atoms with Crippen LogP contribution in [0.25, 0.3) is 0 Å². The van der Waals surface area contributed by atoms with Crippen molar-refractivity contribution in [2.75, 3.05) is 23.3 Å². The lowest BCUT2D eigenvalue weighted by atomic mass is 10.1. The molecule has 0 aromatic heterocycles. The minimum Gasteiger partial charge on any atom is -0.372 e. The maximum absolute atomic E-state index is 12.1. The van der Waals surface area contributed by atoms with Gasteiger partial charge >= 0.3 is 11.8 Å². The molecular formula is C21H26N4O2. The first-order chi connectivity index (χ1) is 13.2. The van der Waals surface area contributed by atoms with Crippen LogP contribution in [0.3, 0.4) is 0 Å². The zero-order valence-electron chi connectivity index (χ0n) is 15.4. The number of nitrogens with zero attached hydrogens (tertiary/aromatic N) is 1. The number of rotatable bonds is 5. The molecule has 27 heavy (non-hydrogen) atoms. The van der Waals surface area contributed by atoms with Crippen LogP contribution in [0.4, 0.5) is 11.4 Å². The van der Waals surface area contributed by atoms with Gasteiger partial charge in [0.15, 0.2) is 0 Å². The highest BCUT2D eigenvalue weighted by Gasteiger charge is 2.14. The highest BCUT2D eigenvalue weighted by molar-refractivity contribution is 6.39. The van der Waals surface area contributed by atoms with Crippen LogP contribution in [-0.2, 0) is 22.7 Å². The third kappa shape index (κ3) is 5.31. The second-order valence-corrected chi connectivity index (χ2v) is 6.76. The van der Waals surface area contributed by atoms with Crippen molar-refractivity contribution < 1.29 is 9.59 Å². The van der Waals surface area contributed by atoms with E-state index in [0.717, 1.165) is 29.9 Å². The molecule has 3 rings (SSSR count). The monoisotopic (exact) mass is 366 g/mol. The number of benzene rings is 2. The molecule has 1 aliphatic rings. The molecule has 2 aromatic rings. The Bertz CT molecular complexity index is 783. The molecular weight excluding hydrogens is 340 g/mol. The molecule has 1 saturated heterocycles. The van der Waals surface area contributed by atoms with Crippen LogP contribution in [0.1, 0.15) is 30.4 Å². The van der Waals surface area contributed by atoms with Crippen molar-refractivity contribution in [2.45, 2.75) is 32.4 Å². The van der Waals surface area contributed by atoms with E-state index in [-0.39, 0.29) is 6.54 Å². The van der Waals surface area contributed by atoms with Crippen LogP contribution >= 0.6 is 0 Å². The minimum atomic E-state index is -0.671. The molecule has 1 aliphatic heterocycles. The summed E-state index contributed by atoms with van der Waals surface area (Å²) >= 11 is 0. The Balaban J connectivity index is 1.50. The van der Waals surface area contributed by atoms with E-state index in [4.69, 9.17) is 5.73 Å². The molecule has 6 nitrogen and oxygen atoms in total. The van der Waals surface area contributed by atoms with Crippen molar-refractivity contribution in [2.24, 2.45) is 5.73 Å². The molecule has 0 bridgehead atoms. The Morgan fingerprint density at radius 1 is 0.926 bits per heavy atom. The predicted octanol–water partition coefficient (Wildman–Crippen LogP) is 2.39. The van der Waals surface area contributed by atoms with E-state index < -0.39 is 11.8 Å². The number of hydrogen-bond acceptors (Lipinski definition) is 4. The van der Waals surface area contributed by atoms with Crippen LogP contribution in [0, 0.1) is 0 Å². The minimum absolute atomic E-state index is 0.286. The summed E-state index contributed by atoms with van der Waals surface area (Å²) in [6.07, 6.45) is 3.72. The van der Waals surface area contributed by atoms with Crippen molar-refractivity contribution in [3.05, 3.63) is 59.7 Å². The van der Waals surface area contributed by atoms with Gasteiger partial charge in [-0.25, -0.2) is 0 Å². The molecule has 0 aliphatic carbocycles. The zero-order valence-corrected chi connectivity index (χ0v) is 15.4. The second kappa shape index (κ2) is 9.19. The first-order valence-electron chi connectivity index (χ1n) is 9.38. The summed E-state index contributed by atoms with van der Waals surface area (Å²) in [5.41, 5.74) is 9.27. The number of nitrogens with two attached hydrogens (primary N) is 1. The van der Waals surface area contributed by atoms with E-state index in [1.54, 1.807) is 0 Å². The maximum Gasteiger partial charge on any atom is 0.313 e. The summed E-state index contributed by atoms with van der Waals surface area (Å²) in [5, 5.41) is 5.27. The smallest absolute Gasteiger partial charge is 0.313 e. The number of hydrogen-bond donors (Lipinski definition) is 3. The van der Waals surface area contributed by atoms with E-state index in [9.17, 15) is 9.59 Å². The molecule has 0 radical (unpaired) electrons. The highest BCUT2D eigenvalue weighted by atomic mass is 16.2. The van der Waals surface area contributed by atoms with Crippen molar-refractivity contribution in [3.63, 3.8) is 0 Å². The largest absolute Gasteiger partial charge is 0.372 e. The average molecular weight is 366 g/mol. The van der Waals surface area contributed by atoms with E-state index in [1.165, 1.54) is 19.3 Å². The Labute approximate surface area is 159 Å². The predicted molar refractivity (Wildman–Crippen MR) is 107 cm³/mol. The van der Waals surface area contributed by atoms with Gasteiger partial charge in [0, 0.05) is 37.6 Å². The molecule has 0 unspecified atom stereocenters. The van der Waals surface area contributed by atoms with Gasteiger partial charge in [-0.2, -0.15) is 0 Å². The van der Waals surface area contributed by atoms with Gasteiger partial charge in [0.25, 0.3) is 0 Å². The first-order valence-corrected chi connectivity index (χ1v) is 9.38. The number of anilines is 2. The second-order valence-electron chi connectivity index (χ2n) is 6.76. The zero-order chi connectivity index (χ0) is 19.1. The standard InChI is InChI=1S/C21H26N4O2/c22-14-16-5-4-6-17(13-16)15-23-20(26)21(27)24-18-7-9-19(10-8-18)25-11-2-1-3-12-25/h4-10,13H,1-3,11-12,14-15,22H2,(H,23,26)(H,24,27). The third-order valence-corrected chi connectivity index (χ3v) is 4.73. The van der Waals surface area contributed by atoms with E-state index in [0.29, 0.717) is 12.2 Å². The SMILES string of the molecule is NCc1cccc(CNC(=O)C(=O)Nc2ccc(N3CCCCC3)cc2)c1. The Kier molecular flexibility index (Phi) is 6.44. The summed E-state index contributed by atoms with van der Waals surface area (Å²) in [5.74, 6) is -1.33. The lowest BCUT2D eigenvalue weighted by Crippen LogP contribution is -2.35. The number of carbonyl (C=O) groups is 2. The summed E-state index contributed by atoms with van der Waals surface area (Å²) in [7, 11) is 0. The molecule has 2 aromatic carbocycles. The van der Waals surface area contributed by atoms with Gasteiger partial charge in [-0.1, -0.05) is 24.3 Å². The first kappa shape index (κ1) is 18.9. The average Bonchev–Trinajstić information content (AvgIpc) is 2.73. The van der Waals surface area contributed by atoms with Crippen LogP contribution in [0.5, 0.6) is 0 Å². The molecule has 0 atom stereocenters. The van der Waals surface area contributed by atoms with Gasteiger partial charge < -0.3 is 21.3 Å². The van der Waals surface area contributed by atoms with Crippen molar-refractivity contribution in [1.29, 1.82) is 0 Å². The molecule has 2 amide bonds. The summed E-state index contributed by atoms with van der Waals surface area (Å²) in [6, 6.07) is 15.2. The number of piperidine rings is 1. The Morgan fingerprint density at radius 2 is 1.63 bits per heavy atom. The Hall–Kier alpha value is -2.86. The van der Waals surface area contributed by atoms with Gasteiger partial charge in [-0.15, -0.1) is 0 Å². The quantitative estimate of drug-likeness (QED) is 0.709. The number of nitrogens with one attached hydrogen (secondary N) is 2. The van der Waals surface area contributed by atoms with Crippen LogP contribution in [0.15, 0.2) is 48.5 Å². The summed E-state index contributed by atoms with van der Waals surface area (Å²) < 4.78 is 0. The van der Waals surface area contributed by atoms with Crippen molar-refractivity contribution in [1.82, 2.24) is 5.32 Å². The fourth-order valence-corrected chi connectivity index (χ4v) is 3.22. The van der Waals surface area contributed by atoms with Crippen LogP contribution in [-0.4, -0.2) is 24.9 Å². The summed E-state index contributed by atoms with van der Waals surface area (Å²) in [6.45, 7) is 2.86. The van der Waals surface area contributed by atoms with Crippen LogP contribution in [0.2, 0.25) is 0 Å². The molecule has 1 fully saturated rings. The Morgan fingerprint density at radius 3 is 2.33 bits per heavy atom. The normalized spacial score (nSPS) is 13.9. The molecule has 6 heteroatoms. The van der Waals surface area contributed by atoms with Gasteiger partial charge in [0.1, 0.15) is 0 Å². The molecule has 0 spiro atoms. The fraction of sp³-hybridized carbons (Fsp3) is 0.333.